The van der Waals surface area contributed by atoms with Crippen LogP contribution in [0.1, 0.15) is 13.8 Å². The highest BCUT2D eigenvalue weighted by Crippen LogP contribution is 2.24. The minimum Gasteiger partial charge on any atom is -0.406 e. The highest BCUT2D eigenvalue weighted by Gasteiger charge is 2.31. The van der Waals surface area contributed by atoms with Gasteiger partial charge in [0.25, 0.3) is 0 Å². The summed E-state index contributed by atoms with van der Waals surface area (Å²) in [5.74, 6) is -0.604. The number of ether oxygens (including phenoxy) is 1. The molecule has 1 rings (SSSR count). The SMILES string of the molecule is CC(C)(N)CNS(=O)(=O)c1cccc(OC(F)(F)F)c1. The standard InChI is InChI=1S/C11H15F3N2O3S/c1-10(2,15)7-16-20(17,18)9-5-3-4-8(6-9)19-11(12,13)14/h3-6,16H,7,15H2,1-2H3. The van der Waals surface area contributed by atoms with Crippen LogP contribution in [0.25, 0.3) is 0 Å². The molecule has 0 atom stereocenters. The van der Waals surface area contributed by atoms with Crippen LogP contribution < -0.4 is 15.2 Å². The van der Waals surface area contributed by atoms with Crippen LogP contribution in [0.2, 0.25) is 0 Å². The summed E-state index contributed by atoms with van der Waals surface area (Å²) in [6, 6.07) is 4.12. The maximum Gasteiger partial charge on any atom is 0.573 e. The Hall–Kier alpha value is -1.32. The summed E-state index contributed by atoms with van der Waals surface area (Å²) >= 11 is 0. The van der Waals surface area contributed by atoms with E-state index in [4.69, 9.17) is 5.73 Å². The van der Waals surface area contributed by atoms with E-state index >= 15 is 0 Å². The molecule has 114 valence electrons. The lowest BCUT2D eigenvalue weighted by Gasteiger charge is -2.19. The van der Waals surface area contributed by atoms with E-state index in [0.29, 0.717) is 0 Å². The van der Waals surface area contributed by atoms with Crippen LogP contribution >= 0.6 is 0 Å². The van der Waals surface area contributed by atoms with Gasteiger partial charge in [0.15, 0.2) is 0 Å². The van der Waals surface area contributed by atoms with Crippen LogP contribution in [0.15, 0.2) is 29.2 Å². The van der Waals surface area contributed by atoms with Crippen molar-refractivity contribution in [2.75, 3.05) is 6.54 Å². The molecule has 0 spiro atoms. The van der Waals surface area contributed by atoms with Crippen LogP contribution in [-0.2, 0) is 10.0 Å². The van der Waals surface area contributed by atoms with Gasteiger partial charge in [-0.05, 0) is 26.0 Å². The molecule has 0 aliphatic rings. The minimum atomic E-state index is -4.88. The highest BCUT2D eigenvalue weighted by molar-refractivity contribution is 7.89. The van der Waals surface area contributed by atoms with Gasteiger partial charge in [0.05, 0.1) is 4.90 Å². The lowest BCUT2D eigenvalue weighted by Crippen LogP contribution is -2.45. The Kier molecular flexibility index (Phi) is 4.67. The van der Waals surface area contributed by atoms with Crippen molar-refractivity contribution in [3.8, 4) is 5.75 Å². The van der Waals surface area contributed by atoms with E-state index in [9.17, 15) is 21.6 Å². The van der Waals surface area contributed by atoms with Crippen LogP contribution in [-0.4, -0.2) is 26.9 Å². The maximum atomic E-state index is 12.1. The second-order valence-electron chi connectivity index (χ2n) is 4.84. The lowest BCUT2D eigenvalue weighted by molar-refractivity contribution is -0.274. The predicted molar refractivity (Wildman–Crippen MR) is 66.6 cm³/mol. The molecule has 0 heterocycles. The molecule has 0 bridgehead atoms. The molecule has 9 heteroatoms. The molecule has 0 aliphatic carbocycles. The molecule has 0 saturated carbocycles. The van der Waals surface area contributed by atoms with E-state index in [0.717, 1.165) is 24.3 Å². The fourth-order valence-corrected chi connectivity index (χ4v) is 2.46. The van der Waals surface area contributed by atoms with Crippen molar-refractivity contribution in [1.82, 2.24) is 4.72 Å². The summed E-state index contributed by atoms with van der Waals surface area (Å²) in [6.45, 7) is 3.16. The molecule has 20 heavy (non-hydrogen) atoms. The molecule has 3 N–H and O–H groups in total. The molecular formula is C11H15F3N2O3S. The van der Waals surface area contributed by atoms with Crippen molar-refractivity contribution in [1.29, 1.82) is 0 Å². The summed E-state index contributed by atoms with van der Waals surface area (Å²) in [7, 11) is -3.95. The highest BCUT2D eigenvalue weighted by atomic mass is 32.2. The van der Waals surface area contributed by atoms with Gasteiger partial charge < -0.3 is 10.5 Å². The van der Waals surface area contributed by atoms with E-state index in [1.54, 1.807) is 13.8 Å². The molecule has 0 saturated heterocycles. The van der Waals surface area contributed by atoms with E-state index < -0.39 is 27.7 Å². The summed E-state index contributed by atoms with van der Waals surface area (Å²) in [5, 5.41) is 0. The number of sulfonamides is 1. The molecule has 0 radical (unpaired) electrons. The predicted octanol–water partition coefficient (Wildman–Crippen LogP) is 1.60. The first-order valence-electron chi connectivity index (χ1n) is 5.53. The smallest absolute Gasteiger partial charge is 0.406 e. The number of halogens is 3. The van der Waals surface area contributed by atoms with Gasteiger partial charge in [-0.3, -0.25) is 0 Å². The normalized spacial score (nSPS) is 13.3. The Morgan fingerprint density at radius 2 is 1.90 bits per heavy atom. The molecule has 0 unspecified atom stereocenters. The Balaban J connectivity index is 2.93. The number of nitrogens with one attached hydrogen (secondary N) is 1. The van der Waals surface area contributed by atoms with Gasteiger partial charge in [0.1, 0.15) is 5.75 Å². The van der Waals surface area contributed by atoms with Gasteiger partial charge in [-0.2, -0.15) is 0 Å². The summed E-state index contributed by atoms with van der Waals surface area (Å²) in [6.07, 6.45) is -4.88. The zero-order valence-electron chi connectivity index (χ0n) is 10.9. The molecule has 5 nitrogen and oxygen atoms in total. The molecule has 1 aromatic carbocycles. The van der Waals surface area contributed by atoms with Crippen molar-refractivity contribution >= 4 is 10.0 Å². The van der Waals surface area contributed by atoms with E-state index in [1.807, 2.05) is 0 Å². The number of hydrogen-bond acceptors (Lipinski definition) is 4. The second-order valence-corrected chi connectivity index (χ2v) is 6.60. The van der Waals surface area contributed by atoms with Gasteiger partial charge in [0, 0.05) is 18.2 Å². The number of alkyl halides is 3. The van der Waals surface area contributed by atoms with Gasteiger partial charge >= 0.3 is 6.36 Å². The van der Waals surface area contributed by atoms with Crippen molar-refractivity contribution in [3.63, 3.8) is 0 Å². The Morgan fingerprint density at radius 3 is 2.40 bits per heavy atom. The Bertz CT molecular complexity index is 565. The van der Waals surface area contributed by atoms with Crippen LogP contribution in [0.5, 0.6) is 5.75 Å². The molecule has 1 aromatic rings. The van der Waals surface area contributed by atoms with E-state index in [-0.39, 0.29) is 11.4 Å². The fraction of sp³-hybridized carbons (Fsp3) is 0.455. The zero-order chi connectivity index (χ0) is 15.6. The van der Waals surface area contributed by atoms with Crippen LogP contribution in [0, 0.1) is 0 Å². The first kappa shape index (κ1) is 16.7. The van der Waals surface area contributed by atoms with Gasteiger partial charge in [-0.15, -0.1) is 13.2 Å². The van der Waals surface area contributed by atoms with Crippen LogP contribution in [0.4, 0.5) is 13.2 Å². The van der Waals surface area contributed by atoms with E-state index in [1.165, 1.54) is 0 Å². The number of nitrogens with two attached hydrogens (primary N) is 1. The van der Waals surface area contributed by atoms with Gasteiger partial charge in [-0.1, -0.05) is 6.07 Å². The third-order valence-corrected chi connectivity index (χ3v) is 3.47. The topological polar surface area (TPSA) is 81.4 Å². The fourth-order valence-electron chi connectivity index (χ4n) is 1.20. The number of benzene rings is 1. The Morgan fingerprint density at radius 1 is 1.30 bits per heavy atom. The molecule has 0 amide bonds. The third-order valence-electron chi connectivity index (χ3n) is 2.07. The summed E-state index contributed by atoms with van der Waals surface area (Å²) in [4.78, 5) is -0.330. The summed E-state index contributed by atoms with van der Waals surface area (Å²) in [5.41, 5.74) is 4.85. The number of rotatable bonds is 5. The van der Waals surface area contributed by atoms with Crippen molar-refractivity contribution in [2.24, 2.45) is 5.73 Å². The number of hydrogen-bond donors (Lipinski definition) is 2. The van der Waals surface area contributed by atoms with Gasteiger partial charge in [-0.25, -0.2) is 13.1 Å². The minimum absolute atomic E-state index is 0.0559. The molecule has 0 fully saturated rings. The van der Waals surface area contributed by atoms with Crippen molar-refractivity contribution < 1.29 is 26.3 Å². The van der Waals surface area contributed by atoms with Crippen LogP contribution in [0.3, 0.4) is 0 Å². The average molecular weight is 312 g/mol. The third kappa shape index (κ3) is 5.76. The molecule has 0 aromatic heterocycles. The quantitative estimate of drug-likeness (QED) is 0.865. The molecular weight excluding hydrogens is 297 g/mol. The first-order valence-corrected chi connectivity index (χ1v) is 7.02. The zero-order valence-corrected chi connectivity index (χ0v) is 11.7. The monoisotopic (exact) mass is 312 g/mol. The average Bonchev–Trinajstić information content (AvgIpc) is 2.24. The second kappa shape index (κ2) is 5.58. The van der Waals surface area contributed by atoms with E-state index in [2.05, 4.69) is 9.46 Å². The van der Waals surface area contributed by atoms with Crippen molar-refractivity contribution in [2.45, 2.75) is 30.6 Å². The molecule has 0 aliphatic heterocycles. The van der Waals surface area contributed by atoms with Gasteiger partial charge in [0.2, 0.25) is 10.0 Å². The maximum absolute atomic E-state index is 12.1. The Labute approximate surface area is 115 Å². The first-order chi connectivity index (χ1) is 8.89. The lowest BCUT2D eigenvalue weighted by atomic mass is 10.1. The largest absolute Gasteiger partial charge is 0.573 e. The summed E-state index contributed by atoms with van der Waals surface area (Å²) < 4.78 is 65.9. The van der Waals surface area contributed by atoms with Crippen molar-refractivity contribution in [3.05, 3.63) is 24.3 Å².